The Morgan fingerprint density at radius 3 is 2.63 bits per heavy atom. The Balaban J connectivity index is 2.52. The Hall–Kier alpha value is -1.19. The first-order valence-corrected chi connectivity index (χ1v) is 8.21. The lowest BCUT2D eigenvalue weighted by Gasteiger charge is -2.18. The Labute approximate surface area is 116 Å². The molecular weight excluding hydrogens is 290 g/mol. The van der Waals surface area contributed by atoms with Crippen molar-refractivity contribution < 1.29 is 18.0 Å². The Morgan fingerprint density at radius 1 is 1.47 bits per heavy atom. The maximum Gasteiger partial charge on any atom is 0.249 e. The molecule has 0 saturated carbocycles. The van der Waals surface area contributed by atoms with Gasteiger partial charge >= 0.3 is 0 Å². The minimum absolute atomic E-state index is 0.0258. The zero-order valence-corrected chi connectivity index (χ0v) is 12.8. The molecular formula is C10H17N3O4S2. The fraction of sp³-hybridized carbons (Fsp3) is 0.600. The Morgan fingerprint density at radius 2 is 2.11 bits per heavy atom. The molecule has 0 saturated heterocycles. The van der Waals surface area contributed by atoms with Crippen molar-refractivity contribution in [3.63, 3.8) is 0 Å². The Bertz CT molecular complexity index is 545. The quantitative estimate of drug-likeness (QED) is 0.788. The van der Waals surface area contributed by atoms with Gasteiger partial charge in [-0.3, -0.25) is 14.4 Å². The number of sulfonamides is 1. The van der Waals surface area contributed by atoms with Crippen LogP contribution in [-0.4, -0.2) is 31.2 Å². The van der Waals surface area contributed by atoms with E-state index in [1.165, 1.54) is 0 Å². The third-order valence-corrected chi connectivity index (χ3v) is 3.14. The lowest BCUT2D eigenvalue weighted by Crippen LogP contribution is -2.34. The molecule has 9 heteroatoms. The number of hydrogen-bond acceptors (Lipinski definition) is 6. The van der Waals surface area contributed by atoms with Gasteiger partial charge < -0.3 is 0 Å². The first-order valence-electron chi connectivity index (χ1n) is 5.44. The lowest BCUT2D eigenvalue weighted by atomic mass is 10.2. The molecule has 1 aromatic heterocycles. The molecule has 1 amide bonds. The highest BCUT2D eigenvalue weighted by atomic mass is 32.2. The van der Waals surface area contributed by atoms with Crippen LogP contribution in [0.5, 0.6) is 0 Å². The standard InChI is InChI=1S/C10H17N3O4S2/c1-10(2,3)17-12-8(14)5-7-6-18-9(11-7)13-19(4,15)16/h6H,5H2,1-4H3,(H,11,13)(H,12,14). The van der Waals surface area contributed by atoms with Crippen LogP contribution in [0.1, 0.15) is 26.5 Å². The number of anilines is 1. The third kappa shape index (κ3) is 7.09. The van der Waals surface area contributed by atoms with Crippen LogP contribution < -0.4 is 10.2 Å². The van der Waals surface area contributed by atoms with E-state index < -0.39 is 15.6 Å². The van der Waals surface area contributed by atoms with Gasteiger partial charge in [-0.15, -0.1) is 11.3 Å². The van der Waals surface area contributed by atoms with Crippen LogP contribution in [0.4, 0.5) is 5.13 Å². The van der Waals surface area contributed by atoms with E-state index in [1.54, 1.807) is 5.38 Å². The van der Waals surface area contributed by atoms with Crippen molar-refractivity contribution in [1.29, 1.82) is 0 Å². The molecule has 1 heterocycles. The van der Waals surface area contributed by atoms with Gasteiger partial charge in [-0.1, -0.05) is 0 Å². The number of nitrogens with one attached hydrogen (secondary N) is 2. The maximum atomic E-state index is 11.5. The van der Waals surface area contributed by atoms with Gasteiger partial charge in [0.15, 0.2) is 5.13 Å². The number of hydroxylamine groups is 1. The fourth-order valence-corrected chi connectivity index (χ4v) is 2.57. The summed E-state index contributed by atoms with van der Waals surface area (Å²) in [5, 5.41) is 1.85. The summed E-state index contributed by atoms with van der Waals surface area (Å²) in [7, 11) is -3.35. The number of thiazole rings is 1. The summed E-state index contributed by atoms with van der Waals surface area (Å²) in [4.78, 5) is 20.7. The van der Waals surface area contributed by atoms with Gasteiger partial charge in [-0.25, -0.2) is 18.9 Å². The summed E-state index contributed by atoms with van der Waals surface area (Å²) < 4.78 is 24.3. The van der Waals surface area contributed by atoms with Gasteiger partial charge in [0.1, 0.15) is 0 Å². The van der Waals surface area contributed by atoms with Gasteiger partial charge in [0.25, 0.3) is 0 Å². The van der Waals surface area contributed by atoms with E-state index in [9.17, 15) is 13.2 Å². The van der Waals surface area contributed by atoms with E-state index in [2.05, 4.69) is 15.2 Å². The smallest absolute Gasteiger partial charge is 0.249 e. The van der Waals surface area contributed by atoms with Crippen LogP contribution in [0.3, 0.4) is 0 Å². The van der Waals surface area contributed by atoms with Crippen molar-refractivity contribution in [3.05, 3.63) is 11.1 Å². The largest absolute Gasteiger partial charge is 0.272 e. The molecule has 0 bridgehead atoms. The predicted molar refractivity (Wildman–Crippen MR) is 73.3 cm³/mol. The van der Waals surface area contributed by atoms with E-state index >= 15 is 0 Å². The average Bonchev–Trinajstić information content (AvgIpc) is 2.58. The first-order chi connectivity index (χ1) is 8.55. The highest BCUT2D eigenvalue weighted by Crippen LogP contribution is 2.16. The van der Waals surface area contributed by atoms with Gasteiger partial charge in [-0.05, 0) is 20.8 Å². The number of nitrogens with zero attached hydrogens (tertiary/aromatic N) is 1. The van der Waals surface area contributed by atoms with Crippen LogP contribution in [0.25, 0.3) is 0 Å². The third-order valence-electron chi connectivity index (χ3n) is 1.64. The molecule has 0 atom stereocenters. The minimum atomic E-state index is -3.35. The number of amides is 1. The summed E-state index contributed by atoms with van der Waals surface area (Å²) in [6.07, 6.45) is 1.07. The second-order valence-electron chi connectivity index (χ2n) is 4.93. The van der Waals surface area contributed by atoms with Crippen LogP contribution in [0, 0.1) is 0 Å². The van der Waals surface area contributed by atoms with Gasteiger partial charge in [0, 0.05) is 5.38 Å². The normalized spacial score (nSPS) is 12.2. The van der Waals surface area contributed by atoms with Crippen molar-refractivity contribution in [3.8, 4) is 0 Å². The van der Waals surface area contributed by atoms with E-state index in [-0.39, 0.29) is 17.5 Å². The summed E-state index contributed by atoms with van der Waals surface area (Å²) in [6.45, 7) is 5.43. The Kier molecular flexibility index (Phi) is 4.88. The molecule has 0 aliphatic rings. The monoisotopic (exact) mass is 307 g/mol. The van der Waals surface area contributed by atoms with E-state index in [0.29, 0.717) is 5.69 Å². The molecule has 19 heavy (non-hydrogen) atoms. The van der Waals surface area contributed by atoms with Crippen LogP contribution >= 0.6 is 11.3 Å². The molecule has 0 aliphatic carbocycles. The zero-order chi connectivity index (χ0) is 14.7. The number of rotatable bonds is 5. The topological polar surface area (TPSA) is 97.4 Å². The lowest BCUT2D eigenvalue weighted by molar-refractivity contribution is -0.144. The number of aromatic nitrogens is 1. The highest BCUT2D eigenvalue weighted by Gasteiger charge is 2.14. The molecule has 1 aromatic rings. The van der Waals surface area contributed by atoms with Crippen LogP contribution in [0.2, 0.25) is 0 Å². The summed E-state index contributed by atoms with van der Waals surface area (Å²) in [5.74, 6) is -0.342. The molecule has 7 nitrogen and oxygen atoms in total. The molecule has 0 unspecified atom stereocenters. The van der Waals surface area contributed by atoms with E-state index in [0.717, 1.165) is 17.6 Å². The van der Waals surface area contributed by atoms with Gasteiger partial charge in [0.2, 0.25) is 15.9 Å². The van der Waals surface area contributed by atoms with Crippen molar-refractivity contribution in [2.24, 2.45) is 0 Å². The average molecular weight is 307 g/mol. The molecule has 0 aromatic carbocycles. The first kappa shape index (κ1) is 15.9. The van der Waals surface area contributed by atoms with Crippen molar-refractivity contribution >= 4 is 32.4 Å². The predicted octanol–water partition coefficient (Wildman–Crippen LogP) is 0.903. The van der Waals surface area contributed by atoms with Crippen LogP contribution in [0.15, 0.2) is 5.38 Å². The SMILES string of the molecule is CC(C)(C)ONC(=O)Cc1csc(NS(C)(=O)=O)n1. The second-order valence-corrected chi connectivity index (χ2v) is 7.54. The van der Waals surface area contributed by atoms with Gasteiger partial charge in [0.05, 0.1) is 24.0 Å². The van der Waals surface area contributed by atoms with Crippen molar-refractivity contribution in [2.45, 2.75) is 32.8 Å². The molecule has 108 valence electrons. The van der Waals surface area contributed by atoms with Crippen molar-refractivity contribution in [2.75, 3.05) is 11.0 Å². The molecule has 0 radical (unpaired) electrons. The summed E-state index contributed by atoms with van der Waals surface area (Å²) in [5.41, 5.74) is 2.32. The van der Waals surface area contributed by atoms with Gasteiger partial charge in [-0.2, -0.15) is 0 Å². The van der Waals surface area contributed by atoms with Crippen LogP contribution in [-0.2, 0) is 26.1 Å². The molecule has 0 fully saturated rings. The number of carbonyl (C=O) groups is 1. The highest BCUT2D eigenvalue weighted by molar-refractivity contribution is 7.92. The van der Waals surface area contributed by atoms with Crippen molar-refractivity contribution in [1.82, 2.24) is 10.5 Å². The molecule has 2 N–H and O–H groups in total. The minimum Gasteiger partial charge on any atom is -0.272 e. The maximum absolute atomic E-state index is 11.5. The summed E-state index contributed by atoms with van der Waals surface area (Å²) in [6, 6.07) is 0. The fourth-order valence-electron chi connectivity index (χ4n) is 1.00. The zero-order valence-electron chi connectivity index (χ0n) is 11.2. The van der Waals surface area contributed by atoms with E-state index in [1.807, 2.05) is 20.8 Å². The molecule has 1 rings (SSSR count). The number of carbonyl (C=O) groups excluding carboxylic acids is 1. The van der Waals surface area contributed by atoms with E-state index in [4.69, 9.17) is 4.84 Å². The summed E-state index contributed by atoms with van der Waals surface area (Å²) >= 11 is 1.12. The molecule has 0 aliphatic heterocycles. The molecule has 0 spiro atoms. The second kappa shape index (κ2) is 5.85. The number of hydrogen-bond donors (Lipinski definition) is 2.